The average molecular weight is 301 g/mol. The second kappa shape index (κ2) is 5.33. The van der Waals surface area contributed by atoms with Crippen molar-refractivity contribution in [2.24, 2.45) is 0 Å². The molecule has 2 rings (SSSR count). The third-order valence-electron chi connectivity index (χ3n) is 3.49. The quantitative estimate of drug-likeness (QED) is 0.823. The number of ether oxygens (including phenoxy) is 1. The van der Waals surface area contributed by atoms with Gasteiger partial charge in [0.2, 0.25) is 10.0 Å². The third kappa shape index (κ3) is 2.54. The van der Waals surface area contributed by atoms with Gasteiger partial charge in [-0.1, -0.05) is 0 Å². The van der Waals surface area contributed by atoms with Gasteiger partial charge in [-0.15, -0.1) is 0 Å². The molecule has 1 aromatic carbocycles. The molecular formula is C13H19NO5S. The van der Waals surface area contributed by atoms with E-state index in [1.165, 1.54) is 7.11 Å². The van der Waals surface area contributed by atoms with Gasteiger partial charge < -0.3 is 14.9 Å². The van der Waals surface area contributed by atoms with Crippen LogP contribution in [0.5, 0.6) is 5.75 Å². The number of aliphatic hydroxyl groups excluding tert-OH is 2. The van der Waals surface area contributed by atoms with E-state index in [0.717, 1.165) is 4.31 Å². The van der Waals surface area contributed by atoms with E-state index in [4.69, 9.17) is 4.74 Å². The largest absolute Gasteiger partial charge is 0.497 e. The first-order chi connectivity index (χ1) is 9.27. The Morgan fingerprint density at radius 3 is 2.00 bits per heavy atom. The minimum Gasteiger partial charge on any atom is -0.497 e. The minimum absolute atomic E-state index is 0.0889. The van der Waals surface area contributed by atoms with Crippen LogP contribution in [0.4, 0.5) is 0 Å². The van der Waals surface area contributed by atoms with Crippen LogP contribution in [0, 0.1) is 13.8 Å². The molecule has 2 N–H and O–H groups in total. The first-order valence-electron chi connectivity index (χ1n) is 6.29. The van der Waals surface area contributed by atoms with Gasteiger partial charge >= 0.3 is 0 Å². The molecule has 1 aliphatic rings. The van der Waals surface area contributed by atoms with E-state index in [9.17, 15) is 18.6 Å². The normalized spacial score (nSPS) is 24.1. The molecule has 1 saturated heterocycles. The van der Waals surface area contributed by atoms with Crippen molar-refractivity contribution in [3.8, 4) is 5.75 Å². The molecule has 2 atom stereocenters. The summed E-state index contributed by atoms with van der Waals surface area (Å²) in [6.07, 6.45) is -2.08. The van der Waals surface area contributed by atoms with Gasteiger partial charge in [0.1, 0.15) is 5.75 Å². The van der Waals surface area contributed by atoms with Gasteiger partial charge in [-0.2, -0.15) is 4.31 Å². The van der Waals surface area contributed by atoms with Crippen molar-refractivity contribution < 1.29 is 23.4 Å². The van der Waals surface area contributed by atoms with Gasteiger partial charge in [-0.25, -0.2) is 8.42 Å². The van der Waals surface area contributed by atoms with Crippen LogP contribution in [0.3, 0.4) is 0 Å². The Balaban J connectivity index is 2.45. The van der Waals surface area contributed by atoms with E-state index < -0.39 is 22.2 Å². The molecule has 0 bridgehead atoms. The molecule has 0 unspecified atom stereocenters. The van der Waals surface area contributed by atoms with E-state index in [1.54, 1.807) is 26.0 Å². The molecule has 0 aromatic heterocycles. The highest BCUT2D eigenvalue weighted by Crippen LogP contribution is 2.30. The molecule has 1 aromatic rings. The van der Waals surface area contributed by atoms with Gasteiger partial charge in [-0.05, 0) is 37.1 Å². The molecule has 7 heteroatoms. The fourth-order valence-electron chi connectivity index (χ4n) is 2.50. The van der Waals surface area contributed by atoms with Gasteiger partial charge in [0, 0.05) is 13.1 Å². The predicted octanol–water partition coefficient (Wildman–Crippen LogP) is 0.0381. The fourth-order valence-corrected chi connectivity index (χ4v) is 4.38. The van der Waals surface area contributed by atoms with Crippen molar-refractivity contribution in [2.45, 2.75) is 31.0 Å². The number of rotatable bonds is 3. The molecule has 0 amide bonds. The van der Waals surface area contributed by atoms with Crippen molar-refractivity contribution in [3.63, 3.8) is 0 Å². The maximum Gasteiger partial charge on any atom is 0.243 e. The first-order valence-corrected chi connectivity index (χ1v) is 7.73. The van der Waals surface area contributed by atoms with E-state index in [0.29, 0.717) is 16.9 Å². The lowest BCUT2D eigenvalue weighted by molar-refractivity contribution is 0.0572. The van der Waals surface area contributed by atoms with E-state index in [-0.39, 0.29) is 18.0 Å². The third-order valence-corrected chi connectivity index (χ3v) is 5.63. The Morgan fingerprint density at radius 2 is 1.60 bits per heavy atom. The average Bonchev–Trinajstić information content (AvgIpc) is 2.69. The number of benzene rings is 1. The number of aryl methyl sites for hydroxylation is 2. The van der Waals surface area contributed by atoms with Crippen LogP contribution in [0.25, 0.3) is 0 Å². The molecule has 112 valence electrons. The van der Waals surface area contributed by atoms with Gasteiger partial charge in [0.15, 0.2) is 0 Å². The molecule has 1 aliphatic heterocycles. The summed E-state index contributed by atoms with van der Waals surface area (Å²) < 4.78 is 31.5. The summed E-state index contributed by atoms with van der Waals surface area (Å²) in [6, 6.07) is 3.31. The lowest BCUT2D eigenvalue weighted by Crippen LogP contribution is -2.31. The van der Waals surface area contributed by atoms with Crippen molar-refractivity contribution >= 4 is 10.0 Å². The topological polar surface area (TPSA) is 87.1 Å². The number of hydrogen-bond donors (Lipinski definition) is 2. The molecule has 1 heterocycles. The zero-order valence-electron chi connectivity index (χ0n) is 11.7. The summed E-state index contributed by atoms with van der Waals surface area (Å²) in [6.45, 7) is 3.22. The van der Waals surface area contributed by atoms with E-state index in [1.807, 2.05) is 0 Å². The highest BCUT2D eigenvalue weighted by Gasteiger charge is 2.38. The second-order valence-corrected chi connectivity index (χ2v) is 6.92. The van der Waals surface area contributed by atoms with Crippen LogP contribution in [0.2, 0.25) is 0 Å². The molecule has 0 aliphatic carbocycles. The summed E-state index contributed by atoms with van der Waals surface area (Å²) in [4.78, 5) is 0.208. The maximum atomic E-state index is 12.6. The summed E-state index contributed by atoms with van der Waals surface area (Å²) in [7, 11) is -2.21. The Hall–Kier alpha value is -1.15. The standard InChI is InChI=1S/C13H19NO5S/c1-8-4-10(19-3)5-9(2)13(8)20(17,18)14-6-11(15)12(16)7-14/h4-5,11-12,15-16H,6-7H2,1-3H3/t11-,12+. The summed E-state index contributed by atoms with van der Waals surface area (Å²) in [5, 5.41) is 19.0. The Morgan fingerprint density at radius 1 is 1.15 bits per heavy atom. The maximum absolute atomic E-state index is 12.6. The molecule has 1 fully saturated rings. The predicted molar refractivity (Wildman–Crippen MR) is 73.2 cm³/mol. The zero-order chi connectivity index (χ0) is 15.1. The Kier molecular flexibility index (Phi) is 4.06. The monoisotopic (exact) mass is 301 g/mol. The number of nitrogens with zero attached hydrogens (tertiary/aromatic N) is 1. The Bertz CT molecular complexity index is 580. The zero-order valence-corrected chi connectivity index (χ0v) is 12.5. The highest BCUT2D eigenvalue weighted by atomic mass is 32.2. The molecule has 20 heavy (non-hydrogen) atoms. The van der Waals surface area contributed by atoms with Crippen molar-refractivity contribution in [2.75, 3.05) is 20.2 Å². The molecule has 6 nitrogen and oxygen atoms in total. The Labute approximate surface area is 118 Å². The summed E-state index contributed by atoms with van der Waals surface area (Å²) in [5.41, 5.74) is 1.16. The number of methoxy groups -OCH3 is 1. The second-order valence-electron chi connectivity index (χ2n) is 5.05. The minimum atomic E-state index is -3.73. The van der Waals surface area contributed by atoms with Crippen LogP contribution in [-0.2, 0) is 10.0 Å². The fraction of sp³-hybridized carbons (Fsp3) is 0.538. The van der Waals surface area contributed by atoms with Crippen molar-refractivity contribution in [1.29, 1.82) is 0 Å². The SMILES string of the molecule is COc1cc(C)c(S(=O)(=O)N2C[C@@H](O)[C@@H](O)C2)c(C)c1. The number of hydrogen-bond acceptors (Lipinski definition) is 5. The molecule has 0 spiro atoms. The molecule has 0 radical (unpaired) electrons. The summed E-state index contributed by atoms with van der Waals surface area (Å²) >= 11 is 0. The number of β-amino-alcohol motifs (C(OH)–C–C–N with tert-alkyl or cyclic N) is 2. The van der Waals surface area contributed by atoms with Gasteiger partial charge in [0.25, 0.3) is 0 Å². The molecular weight excluding hydrogens is 282 g/mol. The van der Waals surface area contributed by atoms with Crippen LogP contribution in [0.1, 0.15) is 11.1 Å². The van der Waals surface area contributed by atoms with E-state index in [2.05, 4.69) is 0 Å². The van der Waals surface area contributed by atoms with E-state index >= 15 is 0 Å². The van der Waals surface area contributed by atoms with Gasteiger partial charge in [0.05, 0.1) is 24.2 Å². The van der Waals surface area contributed by atoms with Crippen LogP contribution in [-0.4, -0.2) is 55.3 Å². The van der Waals surface area contributed by atoms with Crippen LogP contribution in [0.15, 0.2) is 17.0 Å². The summed E-state index contributed by atoms with van der Waals surface area (Å²) in [5.74, 6) is 0.598. The number of aliphatic hydroxyl groups is 2. The number of sulfonamides is 1. The van der Waals surface area contributed by atoms with Crippen molar-refractivity contribution in [3.05, 3.63) is 23.3 Å². The smallest absolute Gasteiger partial charge is 0.243 e. The lowest BCUT2D eigenvalue weighted by Gasteiger charge is -2.19. The van der Waals surface area contributed by atoms with Crippen LogP contribution >= 0.6 is 0 Å². The van der Waals surface area contributed by atoms with Gasteiger partial charge in [-0.3, -0.25) is 0 Å². The van der Waals surface area contributed by atoms with Crippen LogP contribution < -0.4 is 4.74 Å². The lowest BCUT2D eigenvalue weighted by atomic mass is 10.1. The highest BCUT2D eigenvalue weighted by molar-refractivity contribution is 7.89. The van der Waals surface area contributed by atoms with Crippen molar-refractivity contribution in [1.82, 2.24) is 4.31 Å². The molecule has 0 saturated carbocycles. The first kappa shape index (κ1) is 15.2.